The van der Waals surface area contributed by atoms with Crippen LogP contribution in [0.3, 0.4) is 0 Å². The Bertz CT molecular complexity index is 713. The fourth-order valence-electron chi connectivity index (χ4n) is 3.40. The third kappa shape index (κ3) is 5.77. The average Bonchev–Trinajstić information content (AvgIpc) is 2.80. The number of rotatable bonds is 12. The third-order valence-electron chi connectivity index (χ3n) is 4.68. The van der Waals surface area contributed by atoms with Crippen LogP contribution in [0.25, 0.3) is 0 Å². The lowest BCUT2D eigenvalue weighted by Gasteiger charge is -2.36. The Kier molecular flexibility index (Phi) is 8.90. The van der Waals surface area contributed by atoms with E-state index in [0.29, 0.717) is 33.0 Å². The first-order valence-corrected chi connectivity index (χ1v) is 11.0. The molecule has 0 aliphatic carbocycles. The molecule has 4 heteroatoms. The molecular formula is C25H27BrO3. The van der Waals surface area contributed by atoms with Crippen molar-refractivity contribution >= 4 is 15.9 Å². The summed E-state index contributed by atoms with van der Waals surface area (Å²) in [7, 11) is 0. The monoisotopic (exact) mass is 454 g/mol. The van der Waals surface area contributed by atoms with Crippen molar-refractivity contribution in [2.24, 2.45) is 0 Å². The number of halogens is 1. The van der Waals surface area contributed by atoms with Gasteiger partial charge in [-0.2, -0.15) is 0 Å². The van der Waals surface area contributed by atoms with Gasteiger partial charge in [-0.15, -0.1) is 0 Å². The van der Waals surface area contributed by atoms with E-state index in [1.807, 2.05) is 18.2 Å². The van der Waals surface area contributed by atoms with Crippen molar-refractivity contribution in [3.8, 4) is 0 Å². The first kappa shape index (κ1) is 21.7. The fourth-order valence-corrected chi connectivity index (χ4v) is 3.63. The van der Waals surface area contributed by atoms with Gasteiger partial charge in [-0.1, -0.05) is 107 Å². The van der Waals surface area contributed by atoms with Crippen LogP contribution < -0.4 is 0 Å². The van der Waals surface area contributed by atoms with E-state index in [-0.39, 0.29) is 0 Å². The van der Waals surface area contributed by atoms with E-state index < -0.39 is 5.60 Å². The van der Waals surface area contributed by atoms with Crippen molar-refractivity contribution < 1.29 is 14.2 Å². The van der Waals surface area contributed by atoms with E-state index in [9.17, 15) is 0 Å². The molecule has 3 aromatic carbocycles. The molecule has 3 aromatic rings. The Labute approximate surface area is 181 Å². The zero-order valence-corrected chi connectivity index (χ0v) is 18.1. The van der Waals surface area contributed by atoms with E-state index >= 15 is 0 Å². The zero-order valence-electron chi connectivity index (χ0n) is 16.5. The molecule has 0 atom stereocenters. The molecule has 0 aromatic heterocycles. The van der Waals surface area contributed by atoms with E-state index in [1.165, 1.54) is 0 Å². The van der Waals surface area contributed by atoms with Gasteiger partial charge in [-0.25, -0.2) is 0 Å². The lowest BCUT2D eigenvalue weighted by Crippen LogP contribution is -2.34. The number of hydrogen-bond donors (Lipinski definition) is 0. The smallest absolute Gasteiger partial charge is 0.143 e. The first-order valence-electron chi connectivity index (χ1n) is 9.90. The van der Waals surface area contributed by atoms with Crippen molar-refractivity contribution in [2.75, 3.05) is 38.4 Å². The Morgan fingerprint density at radius 1 is 0.517 bits per heavy atom. The molecule has 152 valence electrons. The molecule has 0 saturated heterocycles. The van der Waals surface area contributed by atoms with Gasteiger partial charge in [0.2, 0.25) is 0 Å². The van der Waals surface area contributed by atoms with Crippen molar-refractivity contribution in [3.63, 3.8) is 0 Å². The summed E-state index contributed by atoms with van der Waals surface area (Å²) in [6.45, 7) is 2.82. The van der Waals surface area contributed by atoms with Gasteiger partial charge in [0.15, 0.2) is 0 Å². The summed E-state index contributed by atoms with van der Waals surface area (Å²) in [4.78, 5) is 0. The van der Waals surface area contributed by atoms with E-state index in [0.717, 1.165) is 22.0 Å². The molecular weight excluding hydrogens is 428 g/mol. The average molecular weight is 455 g/mol. The maximum atomic E-state index is 6.64. The predicted octanol–water partition coefficient (Wildman–Crippen LogP) is 5.42. The summed E-state index contributed by atoms with van der Waals surface area (Å²) >= 11 is 3.35. The molecule has 0 fully saturated rings. The number of ether oxygens (including phenoxy) is 3. The topological polar surface area (TPSA) is 27.7 Å². The van der Waals surface area contributed by atoms with Gasteiger partial charge >= 0.3 is 0 Å². The highest BCUT2D eigenvalue weighted by Gasteiger charge is 2.37. The SMILES string of the molecule is BrCCOCCOCCOC(c1ccccc1)(c1ccccc1)c1ccccc1. The minimum atomic E-state index is -0.695. The molecule has 3 rings (SSSR count). The van der Waals surface area contributed by atoms with Gasteiger partial charge < -0.3 is 14.2 Å². The largest absolute Gasteiger partial charge is 0.378 e. The molecule has 0 heterocycles. The van der Waals surface area contributed by atoms with Crippen LogP contribution in [0.4, 0.5) is 0 Å². The molecule has 0 amide bonds. The molecule has 0 unspecified atom stereocenters. The fraction of sp³-hybridized carbons (Fsp3) is 0.280. The van der Waals surface area contributed by atoms with E-state index in [2.05, 4.69) is 88.7 Å². The predicted molar refractivity (Wildman–Crippen MR) is 121 cm³/mol. The number of alkyl halides is 1. The first-order chi connectivity index (χ1) is 14.4. The highest BCUT2D eigenvalue weighted by molar-refractivity contribution is 9.09. The van der Waals surface area contributed by atoms with Gasteiger partial charge in [0, 0.05) is 5.33 Å². The molecule has 29 heavy (non-hydrogen) atoms. The molecule has 0 aliphatic heterocycles. The molecule has 0 radical (unpaired) electrons. The van der Waals surface area contributed by atoms with Crippen LogP contribution in [0.1, 0.15) is 16.7 Å². The lowest BCUT2D eigenvalue weighted by atomic mass is 9.80. The van der Waals surface area contributed by atoms with Crippen molar-refractivity contribution in [2.45, 2.75) is 5.60 Å². The number of hydrogen-bond acceptors (Lipinski definition) is 3. The Hall–Kier alpha value is -1.98. The standard InChI is InChI=1S/C25H27BrO3/c26-16-17-27-18-19-28-20-21-29-25(22-10-4-1-5-11-22,23-12-6-2-7-13-23)24-14-8-3-9-15-24/h1-15H,16-21H2. The van der Waals surface area contributed by atoms with Crippen molar-refractivity contribution in [3.05, 3.63) is 108 Å². The zero-order chi connectivity index (χ0) is 20.2. The second kappa shape index (κ2) is 11.9. The molecule has 0 N–H and O–H groups in total. The molecule has 0 aliphatic rings. The lowest BCUT2D eigenvalue weighted by molar-refractivity contribution is -0.0325. The summed E-state index contributed by atoms with van der Waals surface area (Å²) in [6.07, 6.45) is 0. The van der Waals surface area contributed by atoms with Gasteiger partial charge in [0.25, 0.3) is 0 Å². The van der Waals surface area contributed by atoms with Gasteiger partial charge in [0.1, 0.15) is 5.60 Å². The summed E-state index contributed by atoms with van der Waals surface area (Å²) in [6, 6.07) is 31.1. The van der Waals surface area contributed by atoms with Gasteiger partial charge in [-0.3, -0.25) is 0 Å². The van der Waals surface area contributed by atoms with Crippen LogP contribution in [0.2, 0.25) is 0 Å². The maximum Gasteiger partial charge on any atom is 0.143 e. The van der Waals surface area contributed by atoms with Crippen molar-refractivity contribution in [1.29, 1.82) is 0 Å². The van der Waals surface area contributed by atoms with E-state index in [1.54, 1.807) is 0 Å². The maximum absolute atomic E-state index is 6.64. The Balaban J connectivity index is 1.83. The molecule has 3 nitrogen and oxygen atoms in total. The summed E-state index contributed by atoms with van der Waals surface area (Å²) in [5.74, 6) is 0. The highest BCUT2D eigenvalue weighted by Crippen LogP contribution is 2.40. The van der Waals surface area contributed by atoms with Crippen LogP contribution >= 0.6 is 15.9 Å². The van der Waals surface area contributed by atoms with Gasteiger partial charge in [0.05, 0.1) is 33.0 Å². The quantitative estimate of drug-likeness (QED) is 0.207. The van der Waals surface area contributed by atoms with E-state index in [4.69, 9.17) is 14.2 Å². The summed E-state index contributed by atoms with van der Waals surface area (Å²) < 4.78 is 17.8. The normalized spacial score (nSPS) is 11.5. The highest BCUT2D eigenvalue weighted by atomic mass is 79.9. The Morgan fingerprint density at radius 2 is 0.897 bits per heavy atom. The van der Waals surface area contributed by atoms with Crippen LogP contribution in [-0.2, 0) is 19.8 Å². The summed E-state index contributed by atoms with van der Waals surface area (Å²) in [5.41, 5.74) is 2.59. The number of benzene rings is 3. The third-order valence-corrected chi connectivity index (χ3v) is 5.00. The van der Waals surface area contributed by atoms with Gasteiger partial charge in [-0.05, 0) is 16.7 Å². The minimum absolute atomic E-state index is 0.469. The second-order valence-corrected chi connectivity index (χ2v) is 7.33. The van der Waals surface area contributed by atoms with Crippen LogP contribution in [-0.4, -0.2) is 38.4 Å². The second-order valence-electron chi connectivity index (χ2n) is 6.54. The van der Waals surface area contributed by atoms with Crippen LogP contribution in [0.15, 0.2) is 91.0 Å². The minimum Gasteiger partial charge on any atom is -0.378 e. The van der Waals surface area contributed by atoms with Crippen molar-refractivity contribution in [1.82, 2.24) is 0 Å². The molecule has 0 spiro atoms. The van der Waals surface area contributed by atoms with Crippen LogP contribution in [0, 0.1) is 0 Å². The summed E-state index contributed by atoms with van der Waals surface area (Å²) in [5, 5.41) is 0.837. The molecule has 0 bridgehead atoms. The molecule has 0 saturated carbocycles. The Morgan fingerprint density at radius 3 is 1.31 bits per heavy atom. The van der Waals surface area contributed by atoms with Crippen LogP contribution in [0.5, 0.6) is 0 Å².